The molecule has 2 heterocycles. The van der Waals surface area contributed by atoms with Gasteiger partial charge in [-0.1, -0.05) is 30.3 Å². The molecule has 2 atom stereocenters. The van der Waals surface area contributed by atoms with Crippen LogP contribution in [0.4, 0.5) is 30.4 Å². The minimum atomic E-state index is -4.54. The number of rotatable bonds is 3. The summed E-state index contributed by atoms with van der Waals surface area (Å²) < 4.78 is 46.1. The van der Waals surface area contributed by atoms with Gasteiger partial charge >= 0.3 is 6.18 Å². The molecule has 0 bridgehead atoms. The quantitative estimate of drug-likeness (QED) is 0.583. The average molecular weight is 426 g/mol. The summed E-state index contributed by atoms with van der Waals surface area (Å²) in [5, 5.41) is 3.49. The first-order valence-corrected chi connectivity index (χ1v) is 10.1. The maximum atomic E-state index is 13.3. The second-order valence-electron chi connectivity index (χ2n) is 7.76. The van der Waals surface area contributed by atoms with Gasteiger partial charge in [0.2, 0.25) is 0 Å². The van der Waals surface area contributed by atoms with Gasteiger partial charge in [-0.05, 0) is 54.3 Å². The predicted octanol–water partition coefficient (Wildman–Crippen LogP) is 4.91. The van der Waals surface area contributed by atoms with Crippen LogP contribution in [0.15, 0.2) is 60.7 Å². The van der Waals surface area contributed by atoms with Crippen molar-refractivity contribution in [3.05, 3.63) is 83.0 Å². The second-order valence-corrected chi connectivity index (χ2v) is 7.76. The summed E-state index contributed by atoms with van der Waals surface area (Å²) in [7, 11) is 0. The lowest BCUT2D eigenvalue weighted by atomic mass is 10.1. The highest BCUT2D eigenvalue weighted by atomic mass is 19.4. The van der Waals surface area contributed by atoms with Crippen molar-refractivity contribution in [1.29, 1.82) is 0 Å². The number of alkyl halides is 3. The number of fused-ring (bicyclic) bond motifs is 2. The van der Waals surface area contributed by atoms with Crippen molar-refractivity contribution in [2.24, 2.45) is 0 Å². The van der Waals surface area contributed by atoms with Crippen molar-refractivity contribution >= 4 is 17.2 Å². The first kappa shape index (κ1) is 19.8. The van der Waals surface area contributed by atoms with E-state index in [0.29, 0.717) is 12.3 Å². The standard InChI is InChI=1S/C23H21F3N4O/c24-23(25,26)20-6-3-7-21(29-20)30-19-11-9-16(27)12-15(19)13-31-22(30)28-18-10-8-14-4-1-2-5-17(14)18/h1-7,9,11-12,18,22,28H,8,10,13,27H2/t18?,22-/m1/s1. The van der Waals surface area contributed by atoms with Crippen molar-refractivity contribution in [1.82, 2.24) is 10.3 Å². The lowest BCUT2D eigenvalue weighted by Gasteiger charge is -2.39. The molecule has 0 saturated heterocycles. The molecule has 5 nitrogen and oxygen atoms in total. The maximum Gasteiger partial charge on any atom is 0.433 e. The van der Waals surface area contributed by atoms with Crippen molar-refractivity contribution in [2.75, 3.05) is 10.6 Å². The highest BCUT2D eigenvalue weighted by Gasteiger charge is 2.36. The number of anilines is 3. The number of aryl methyl sites for hydroxylation is 1. The number of ether oxygens (including phenoxy) is 1. The van der Waals surface area contributed by atoms with E-state index in [2.05, 4.69) is 22.4 Å². The summed E-state index contributed by atoms with van der Waals surface area (Å²) in [6.45, 7) is 0.294. The average Bonchev–Trinajstić information content (AvgIpc) is 3.16. The van der Waals surface area contributed by atoms with Crippen molar-refractivity contribution in [3.8, 4) is 0 Å². The molecule has 2 aliphatic rings. The molecule has 8 heteroatoms. The molecule has 3 N–H and O–H groups in total. The van der Waals surface area contributed by atoms with Gasteiger partial charge in [0.25, 0.3) is 0 Å². The van der Waals surface area contributed by atoms with E-state index in [1.54, 1.807) is 29.2 Å². The van der Waals surface area contributed by atoms with E-state index in [1.807, 2.05) is 12.1 Å². The maximum absolute atomic E-state index is 13.3. The Bertz CT molecular complexity index is 1120. The third-order valence-corrected chi connectivity index (χ3v) is 5.74. The number of nitrogens with one attached hydrogen (secondary N) is 1. The molecule has 160 valence electrons. The van der Waals surface area contributed by atoms with Crippen LogP contribution in [0, 0.1) is 0 Å². The number of pyridine rings is 1. The molecule has 0 radical (unpaired) electrons. The van der Waals surface area contributed by atoms with Gasteiger partial charge in [-0.3, -0.25) is 10.2 Å². The van der Waals surface area contributed by atoms with Crippen molar-refractivity contribution in [3.63, 3.8) is 0 Å². The first-order valence-electron chi connectivity index (χ1n) is 10.1. The molecular formula is C23H21F3N4O. The third kappa shape index (κ3) is 3.73. The van der Waals surface area contributed by atoms with Gasteiger partial charge in [-0.2, -0.15) is 13.2 Å². The van der Waals surface area contributed by atoms with Crippen LogP contribution in [0.25, 0.3) is 0 Å². The molecule has 3 aromatic rings. The molecule has 0 spiro atoms. The van der Waals surface area contributed by atoms with Crippen molar-refractivity contribution in [2.45, 2.75) is 38.0 Å². The molecule has 0 fully saturated rings. The van der Waals surface area contributed by atoms with E-state index in [0.717, 1.165) is 30.2 Å². The molecular weight excluding hydrogens is 405 g/mol. The zero-order chi connectivity index (χ0) is 21.6. The lowest BCUT2D eigenvalue weighted by Crippen LogP contribution is -2.49. The summed E-state index contributed by atoms with van der Waals surface area (Å²) in [4.78, 5) is 5.58. The van der Waals surface area contributed by atoms with Crippen LogP contribution in [0.2, 0.25) is 0 Å². The Kier molecular flexibility index (Phi) is 4.83. The molecule has 5 rings (SSSR count). The number of nitrogen functional groups attached to an aromatic ring is 1. The minimum Gasteiger partial charge on any atom is -0.399 e. The first-order chi connectivity index (χ1) is 14.9. The molecule has 0 amide bonds. The second kappa shape index (κ2) is 7.55. The zero-order valence-corrected chi connectivity index (χ0v) is 16.6. The van der Waals surface area contributed by atoms with Crippen LogP contribution in [-0.2, 0) is 23.9 Å². The van der Waals surface area contributed by atoms with Gasteiger partial charge in [-0.15, -0.1) is 0 Å². The number of hydrogen-bond acceptors (Lipinski definition) is 5. The van der Waals surface area contributed by atoms with Gasteiger partial charge in [0.1, 0.15) is 11.5 Å². The fraction of sp³-hybridized carbons (Fsp3) is 0.261. The Morgan fingerprint density at radius 3 is 2.71 bits per heavy atom. The number of hydrogen-bond donors (Lipinski definition) is 2. The molecule has 1 aliphatic heterocycles. The van der Waals surface area contributed by atoms with E-state index >= 15 is 0 Å². The Labute approximate surface area is 177 Å². The highest BCUT2D eigenvalue weighted by Crippen LogP contribution is 2.39. The van der Waals surface area contributed by atoms with Crippen molar-refractivity contribution < 1.29 is 17.9 Å². The summed E-state index contributed by atoms with van der Waals surface area (Å²) in [6.07, 6.45) is -3.39. The molecule has 1 unspecified atom stereocenters. The molecule has 1 aromatic heterocycles. The number of benzene rings is 2. The van der Waals surface area contributed by atoms with Gasteiger partial charge in [0.05, 0.1) is 12.3 Å². The van der Waals surface area contributed by atoms with E-state index in [1.165, 1.54) is 17.2 Å². The summed E-state index contributed by atoms with van der Waals surface area (Å²) in [6, 6.07) is 17.4. The van der Waals surface area contributed by atoms with Gasteiger partial charge in [0, 0.05) is 17.3 Å². The van der Waals surface area contributed by atoms with E-state index in [-0.39, 0.29) is 11.9 Å². The molecule has 0 saturated carbocycles. The van der Waals surface area contributed by atoms with Gasteiger partial charge in [0.15, 0.2) is 6.35 Å². The van der Waals surface area contributed by atoms with E-state index < -0.39 is 18.2 Å². The van der Waals surface area contributed by atoms with Gasteiger partial charge in [-0.25, -0.2) is 4.98 Å². The predicted molar refractivity (Wildman–Crippen MR) is 111 cm³/mol. The number of aromatic nitrogens is 1. The Hall–Kier alpha value is -3.10. The summed E-state index contributed by atoms with van der Waals surface area (Å²) in [5.74, 6) is 0.157. The Morgan fingerprint density at radius 2 is 1.87 bits per heavy atom. The molecule has 31 heavy (non-hydrogen) atoms. The van der Waals surface area contributed by atoms with E-state index in [4.69, 9.17) is 10.5 Å². The lowest BCUT2D eigenvalue weighted by molar-refractivity contribution is -0.141. The summed E-state index contributed by atoms with van der Waals surface area (Å²) in [5.41, 5.74) is 9.50. The molecule has 2 aromatic carbocycles. The Balaban J connectivity index is 1.54. The van der Waals surface area contributed by atoms with Crippen LogP contribution in [0.3, 0.4) is 0 Å². The highest BCUT2D eigenvalue weighted by molar-refractivity contribution is 5.68. The summed E-state index contributed by atoms with van der Waals surface area (Å²) >= 11 is 0. The normalized spacial score (nSPS) is 20.4. The third-order valence-electron chi connectivity index (χ3n) is 5.74. The van der Waals surface area contributed by atoms with E-state index in [9.17, 15) is 13.2 Å². The fourth-order valence-corrected chi connectivity index (χ4v) is 4.31. The Morgan fingerprint density at radius 1 is 1.03 bits per heavy atom. The topological polar surface area (TPSA) is 63.4 Å². The van der Waals surface area contributed by atoms with Crippen LogP contribution >= 0.6 is 0 Å². The SMILES string of the molecule is Nc1ccc2c(c1)CO[C@H](NC1CCc3ccccc31)N2c1cccc(C(F)(F)F)n1. The van der Waals surface area contributed by atoms with Crippen LogP contribution < -0.4 is 16.0 Å². The largest absolute Gasteiger partial charge is 0.433 e. The number of halogens is 3. The smallest absolute Gasteiger partial charge is 0.399 e. The van der Waals surface area contributed by atoms with Gasteiger partial charge < -0.3 is 10.5 Å². The fourth-order valence-electron chi connectivity index (χ4n) is 4.31. The monoisotopic (exact) mass is 426 g/mol. The zero-order valence-electron chi connectivity index (χ0n) is 16.6. The van der Waals surface area contributed by atoms with Crippen LogP contribution in [0.1, 0.15) is 34.8 Å². The van der Waals surface area contributed by atoms with Crippen LogP contribution in [-0.4, -0.2) is 11.3 Å². The minimum absolute atomic E-state index is 0.0323. The number of nitrogens with two attached hydrogens (primary N) is 1. The molecule has 1 aliphatic carbocycles. The van der Waals surface area contributed by atoms with Crippen LogP contribution in [0.5, 0.6) is 0 Å². The number of nitrogens with zero attached hydrogens (tertiary/aromatic N) is 2.